The van der Waals surface area contributed by atoms with E-state index in [0.29, 0.717) is 30.8 Å². The molecule has 1 fully saturated rings. The molecule has 0 aliphatic carbocycles. The lowest BCUT2D eigenvalue weighted by atomic mass is 10.0. The van der Waals surface area contributed by atoms with Gasteiger partial charge in [0.2, 0.25) is 10.0 Å². The average molecular weight is 635 g/mol. The molecule has 0 unspecified atom stereocenters. The number of ether oxygens (including phenoxy) is 1. The summed E-state index contributed by atoms with van der Waals surface area (Å²) in [5, 5.41) is 4.82. The van der Waals surface area contributed by atoms with E-state index in [1.807, 2.05) is 45.0 Å². The van der Waals surface area contributed by atoms with Crippen LogP contribution >= 0.6 is 0 Å². The van der Waals surface area contributed by atoms with Crippen LogP contribution in [-0.2, 0) is 21.3 Å². The van der Waals surface area contributed by atoms with Crippen molar-refractivity contribution in [2.45, 2.75) is 46.3 Å². The molecule has 1 aliphatic heterocycles. The predicted molar refractivity (Wildman–Crippen MR) is 173 cm³/mol. The third-order valence-corrected chi connectivity index (χ3v) is 8.80. The van der Waals surface area contributed by atoms with Gasteiger partial charge in [-0.15, -0.1) is 0 Å². The monoisotopic (exact) mass is 634 g/mol. The number of benzene rings is 2. The maximum absolute atomic E-state index is 15.8. The SMILES string of the molecule is CCCS(=O)(=O)Nc1cccc(-c2cn(-c3ccc(CN4CCN(C(=O)OC(C)(C)C)CC4)cc3)nc2-c2ccncc2)c1F. The van der Waals surface area contributed by atoms with Crippen molar-refractivity contribution in [2.75, 3.05) is 36.7 Å². The molecule has 0 bridgehead atoms. The second kappa shape index (κ2) is 13.4. The molecule has 2 aromatic carbocycles. The van der Waals surface area contributed by atoms with Crippen LogP contribution in [0.4, 0.5) is 14.9 Å². The van der Waals surface area contributed by atoms with Gasteiger partial charge >= 0.3 is 6.09 Å². The largest absolute Gasteiger partial charge is 0.444 e. The van der Waals surface area contributed by atoms with Gasteiger partial charge in [0.1, 0.15) is 11.3 Å². The van der Waals surface area contributed by atoms with Crippen LogP contribution in [0, 0.1) is 5.82 Å². The fourth-order valence-corrected chi connectivity index (χ4v) is 6.29. The summed E-state index contributed by atoms with van der Waals surface area (Å²) in [7, 11) is -3.68. The molecule has 0 atom stereocenters. The van der Waals surface area contributed by atoms with E-state index in [-0.39, 0.29) is 23.1 Å². The summed E-state index contributed by atoms with van der Waals surface area (Å²) in [6, 6.07) is 16.2. The Morgan fingerprint density at radius 1 is 0.978 bits per heavy atom. The highest BCUT2D eigenvalue weighted by Gasteiger charge is 2.26. The number of piperazine rings is 1. The van der Waals surface area contributed by atoms with Crippen molar-refractivity contribution >= 4 is 21.8 Å². The first-order valence-electron chi connectivity index (χ1n) is 15.0. The number of aromatic nitrogens is 3. The summed E-state index contributed by atoms with van der Waals surface area (Å²) in [6.45, 7) is 10.8. The Morgan fingerprint density at radius 2 is 1.67 bits per heavy atom. The number of nitrogens with one attached hydrogen (secondary N) is 1. The highest BCUT2D eigenvalue weighted by atomic mass is 32.2. The van der Waals surface area contributed by atoms with Crippen LogP contribution in [0.2, 0.25) is 0 Å². The quantitative estimate of drug-likeness (QED) is 0.243. The molecule has 0 saturated carbocycles. The number of hydrogen-bond donors (Lipinski definition) is 1. The highest BCUT2D eigenvalue weighted by Crippen LogP contribution is 2.36. The Balaban J connectivity index is 1.36. The van der Waals surface area contributed by atoms with E-state index in [4.69, 9.17) is 9.84 Å². The molecule has 1 aliphatic rings. The fourth-order valence-electron chi connectivity index (χ4n) is 5.16. The lowest BCUT2D eigenvalue weighted by Gasteiger charge is -2.35. The van der Waals surface area contributed by atoms with Gasteiger partial charge < -0.3 is 9.64 Å². The third kappa shape index (κ3) is 8.06. The van der Waals surface area contributed by atoms with Crippen molar-refractivity contribution in [3.63, 3.8) is 0 Å². The van der Waals surface area contributed by atoms with Gasteiger partial charge in [0.25, 0.3) is 0 Å². The minimum Gasteiger partial charge on any atom is -0.444 e. The van der Waals surface area contributed by atoms with Crippen LogP contribution in [0.25, 0.3) is 28.1 Å². The second-order valence-electron chi connectivity index (χ2n) is 12.1. The van der Waals surface area contributed by atoms with E-state index in [9.17, 15) is 13.2 Å². The van der Waals surface area contributed by atoms with Crippen molar-refractivity contribution in [3.8, 4) is 28.1 Å². The van der Waals surface area contributed by atoms with E-state index >= 15 is 4.39 Å². The van der Waals surface area contributed by atoms with Gasteiger partial charge in [-0.3, -0.25) is 14.6 Å². The standard InChI is InChI=1S/C33H39FN6O4S/c1-5-21-45(42,43)37-29-8-6-7-27(30(29)34)28-23-40(36-31(28)25-13-15-35-16-14-25)26-11-9-24(10-12-26)22-38-17-19-39(20-18-38)32(41)44-33(2,3)4/h6-16,23,37H,5,17-22H2,1-4H3. The predicted octanol–water partition coefficient (Wildman–Crippen LogP) is 5.94. The average Bonchev–Trinajstić information content (AvgIpc) is 3.44. The van der Waals surface area contributed by atoms with Crippen molar-refractivity contribution in [1.29, 1.82) is 0 Å². The Morgan fingerprint density at radius 3 is 2.31 bits per heavy atom. The Bertz CT molecular complexity index is 1730. The lowest BCUT2D eigenvalue weighted by Crippen LogP contribution is -2.49. The molecule has 1 N–H and O–H groups in total. The number of hydrogen-bond acceptors (Lipinski definition) is 7. The number of halogens is 1. The molecule has 12 heteroatoms. The number of carbonyl (C=O) groups excluding carboxylic acids is 1. The molecular formula is C33H39FN6O4S. The number of sulfonamides is 1. The maximum atomic E-state index is 15.8. The van der Waals surface area contributed by atoms with Crippen LogP contribution in [-0.4, -0.2) is 76.6 Å². The number of carbonyl (C=O) groups is 1. The Kier molecular flexibility index (Phi) is 9.54. The topological polar surface area (TPSA) is 110 Å². The maximum Gasteiger partial charge on any atom is 0.410 e. The van der Waals surface area contributed by atoms with Crippen LogP contribution in [0.5, 0.6) is 0 Å². The van der Waals surface area contributed by atoms with E-state index in [0.717, 1.165) is 36.4 Å². The highest BCUT2D eigenvalue weighted by molar-refractivity contribution is 7.92. The number of anilines is 1. The first-order chi connectivity index (χ1) is 21.4. The van der Waals surface area contributed by atoms with Gasteiger partial charge in [-0.05, 0) is 63.1 Å². The Hall–Kier alpha value is -4.29. The van der Waals surface area contributed by atoms with Crippen LogP contribution < -0.4 is 4.72 Å². The van der Waals surface area contributed by atoms with Gasteiger partial charge in [-0.25, -0.2) is 22.3 Å². The molecule has 238 valence electrons. The smallest absolute Gasteiger partial charge is 0.410 e. The summed E-state index contributed by atoms with van der Waals surface area (Å²) in [5.41, 5.74) is 3.31. The fraction of sp³-hybridized carbons (Fsp3) is 0.364. The second-order valence-corrected chi connectivity index (χ2v) is 13.9. The normalized spacial score (nSPS) is 14.4. The third-order valence-electron chi connectivity index (χ3n) is 7.33. The minimum atomic E-state index is -3.68. The molecule has 1 amide bonds. The number of rotatable bonds is 9. The van der Waals surface area contributed by atoms with E-state index < -0.39 is 21.4 Å². The zero-order valence-electron chi connectivity index (χ0n) is 26.0. The van der Waals surface area contributed by atoms with Gasteiger partial charge in [0.05, 0.1) is 17.1 Å². The van der Waals surface area contributed by atoms with Gasteiger partial charge in [-0.2, -0.15) is 5.10 Å². The molecule has 0 radical (unpaired) electrons. The van der Waals surface area contributed by atoms with Crippen LogP contribution in [0.1, 0.15) is 39.7 Å². The molecule has 3 heterocycles. The van der Waals surface area contributed by atoms with Gasteiger partial charge in [-0.1, -0.05) is 31.2 Å². The first-order valence-corrected chi connectivity index (χ1v) is 16.7. The van der Waals surface area contributed by atoms with Crippen LogP contribution in [0.3, 0.4) is 0 Å². The molecule has 45 heavy (non-hydrogen) atoms. The van der Waals surface area contributed by atoms with Gasteiger partial charge in [0, 0.05) is 68.0 Å². The van der Waals surface area contributed by atoms with E-state index in [1.165, 1.54) is 6.07 Å². The molecule has 0 spiro atoms. The minimum absolute atomic E-state index is 0.102. The van der Waals surface area contributed by atoms with E-state index in [2.05, 4.69) is 14.6 Å². The summed E-state index contributed by atoms with van der Waals surface area (Å²) in [4.78, 5) is 20.5. The lowest BCUT2D eigenvalue weighted by molar-refractivity contribution is 0.0139. The summed E-state index contributed by atoms with van der Waals surface area (Å²) in [6.07, 6.45) is 5.18. The molecule has 2 aromatic heterocycles. The van der Waals surface area contributed by atoms with E-state index in [1.54, 1.807) is 59.4 Å². The molecule has 1 saturated heterocycles. The van der Waals surface area contributed by atoms with Gasteiger partial charge in [0.15, 0.2) is 5.82 Å². The zero-order valence-corrected chi connectivity index (χ0v) is 26.8. The summed E-state index contributed by atoms with van der Waals surface area (Å²) < 4.78 is 50.2. The number of nitrogens with zero attached hydrogens (tertiary/aromatic N) is 5. The molecule has 10 nitrogen and oxygen atoms in total. The first kappa shape index (κ1) is 32.1. The molecule has 5 rings (SSSR count). The van der Waals surface area contributed by atoms with Crippen molar-refractivity contribution in [1.82, 2.24) is 24.6 Å². The summed E-state index contributed by atoms with van der Waals surface area (Å²) >= 11 is 0. The zero-order chi connectivity index (χ0) is 32.2. The van der Waals surface area contributed by atoms with Crippen LogP contribution in [0.15, 0.2) is 73.2 Å². The van der Waals surface area contributed by atoms with Crippen molar-refractivity contribution in [2.24, 2.45) is 0 Å². The number of pyridine rings is 1. The van der Waals surface area contributed by atoms with Crippen molar-refractivity contribution in [3.05, 3.63) is 84.6 Å². The number of amides is 1. The summed E-state index contributed by atoms with van der Waals surface area (Å²) in [5.74, 6) is -0.774. The van der Waals surface area contributed by atoms with Crippen molar-refractivity contribution < 1.29 is 22.3 Å². The molecule has 4 aromatic rings. The molecular weight excluding hydrogens is 595 g/mol. The Labute approximate surface area is 263 Å².